The Hall–Kier alpha value is -2.74. The van der Waals surface area contributed by atoms with Crippen molar-refractivity contribution in [2.24, 2.45) is 7.05 Å². The Morgan fingerprint density at radius 3 is 2.44 bits per heavy atom. The second-order valence-corrected chi connectivity index (χ2v) is 6.96. The van der Waals surface area contributed by atoms with Crippen LogP contribution in [-0.2, 0) is 20.1 Å². The van der Waals surface area contributed by atoms with Gasteiger partial charge in [0.25, 0.3) is 0 Å². The van der Waals surface area contributed by atoms with Crippen LogP contribution in [0.2, 0.25) is 0 Å². The zero-order valence-electron chi connectivity index (χ0n) is 15.9. The quantitative estimate of drug-likeness (QED) is 0.660. The van der Waals surface area contributed by atoms with Gasteiger partial charge in [-0.15, -0.1) is 0 Å². The second kappa shape index (κ2) is 7.87. The third-order valence-electron chi connectivity index (χ3n) is 4.42. The molecule has 142 valence electrons. The van der Waals surface area contributed by atoms with E-state index in [2.05, 4.69) is 20.8 Å². The third-order valence-corrected chi connectivity index (χ3v) is 4.67. The molecule has 0 fully saturated rings. The van der Waals surface area contributed by atoms with Crippen molar-refractivity contribution in [3.05, 3.63) is 64.5 Å². The Labute approximate surface area is 163 Å². The topological polar surface area (TPSA) is 59.7 Å². The maximum absolute atomic E-state index is 13.1. The van der Waals surface area contributed by atoms with Crippen molar-refractivity contribution in [2.45, 2.75) is 33.9 Å². The van der Waals surface area contributed by atoms with Crippen molar-refractivity contribution in [1.82, 2.24) is 24.9 Å². The molecule has 0 saturated carbocycles. The molecule has 0 bridgehead atoms. The van der Waals surface area contributed by atoms with Gasteiger partial charge >= 0.3 is 0 Å². The molecule has 8 heteroatoms. The summed E-state index contributed by atoms with van der Waals surface area (Å²) in [5.41, 5.74) is 5.78. The minimum atomic E-state index is -0.241. The van der Waals surface area contributed by atoms with Gasteiger partial charge in [0.1, 0.15) is 5.82 Å². The minimum Gasteiger partial charge on any atom is -0.358 e. The predicted octanol–water partition coefficient (Wildman–Crippen LogP) is 3.22. The summed E-state index contributed by atoms with van der Waals surface area (Å²) in [7, 11) is 1.90. The number of aryl methyl sites for hydroxylation is 3. The molecule has 1 aromatic carbocycles. The van der Waals surface area contributed by atoms with Gasteiger partial charge in [-0.3, -0.25) is 9.36 Å². The Morgan fingerprint density at radius 2 is 1.81 bits per heavy atom. The molecule has 6 nitrogen and oxygen atoms in total. The predicted molar refractivity (Wildman–Crippen MR) is 108 cm³/mol. The van der Waals surface area contributed by atoms with Crippen molar-refractivity contribution in [1.29, 1.82) is 0 Å². The summed E-state index contributed by atoms with van der Waals surface area (Å²) in [5, 5.41) is 15.9. The van der Waals surface area contributed by atoms with E-state index < -0.39 is 0 Å². The molecule has 0 aliphatic rings. The van der Waals surface area contributed by atoms with Crippen LogP contribution in [0.5, 0.6) is 0 Å². The van der Waals surface area contributed by atoms with Crippen LogP contribution in [0.25, 0.3) is 0 Å². The second-order valence-electron chi connectivity index (χ2n) is 6.55. The summed E-state index contributed by atoms with van der Waals surface area (Å²) in [5.74, 6) is -0.241. The van der Waals surface area contributed by atoms with E-state index >= 15 is 0 Å². The number of nitrogens with one attached hydrogen (secondary N) is 2. The van der Waals surface area contributed by atoms with Crippen LogP contribution in [0, 0.1) is 26.6 Å². The van der Waals surface area contributed by atoms with E-state index in [1.54, 1.807) is 16.8 Å². The summed E-state index contributed by atoms with van der Waals surface area (Å²) >= 11 is 5.43. The number of aromatic nitrogens is 4. The number of benzene rings is 1. The van der Waals surface area contributed by atoms with Gasteiger partial charge in [0.05, 0.1) is 29.3 Å². The summed E-state index contributed by atoms with van der Waals surface area (Å²) in [4.78, 5) is 0. The molecule has 2 aromatic heterocycles. The maximum Gasteiger partial charge on any atom is 0.171 e. The van der Waals surface area contributed by atoms with E-state index in [1.807, 2.05) is 38.7 Å². The SMILES string of the molecule is Cc1nn(C)cc1CNC(=S)Nc1c(C)nn(Cc2ccc(F)cc2)c1C. The van der Waals surface area contributed by atoms with E-state index in [0.29, 0.717) is 18.2 Å². The standard InChI is InChI=1S/C19H23FN6S/c1-12-16(11-25(4)23-12)9-21-19(27)22-18-13(2)24-26(14(18)3)10-15-5-7-17(20)8-6-15/h5-8,11H,9-10H2,1-4H3,(H2,21,22,27). The first-order valence-corrected chi connectivity index (χ1v) is 9.06. The van der Waals surface area contributed by atoms with Gasteiger partial charge in [-0.25, -0.2) is 4.39 Å². The molecule has 0 spiro atoms. The van der Waals surface area contributed by atoms with Crippen molar-refractivity contribution in [3.63, 3.8) is 0 Å². The maximum atomic E-state index is 13.1. The first-order valence-electron chi connectivity index (χ1n) is 8.66. The van der Waals surface area contributed by atoms with Gasteiger partial charge in [0, 0.05) is 25.4 Å². The molecule has 2 N–H and O–H groups in total. The normalized spacial score (nSPS) is 10.9. The van der Waals surface area contributed by atoms with Crippen LogP contribution in [-0.4, -0.2) is 24.7 Å². The van der Waals surface area contributed by atoms with Crippen LogP contribution < -0.4 is 10.6 Å². The highest BCUT2D eigenvalue weighted by Crippen LogP contribution is 2.20. The van der Waals surface area contributed by atoms with Crippen molar-refractivity contribution < 1.29 is 4.39 Å². The molecule has 2 heterocycles. The molecule has 0 atom stereocenters. The fourth-order valence-electron chi connectivity index (χ4n) is 2.95. The largest absolute Gasteiger partial charge is 0.358 e. The van der Waals surface area contributed by atoms with E-state index in [4.69, 9.17) is 12.2 Å². The number of anilines is 1. The average molecular weight is 387 g/mol. The number of rotatable bonds is 5. The Morgan fingerprint density at radius 1 is 1.11 bits per heavy atom. The molecule has 0 unspecified atom stereocenters. The average Bonchev–Trinajstić information content (AvgIpc) is 3.07. The molecule has 0 amide bonds. The van der Waals surface area contributed by atoms with Crippen LogP contribution in [0.15, 0.2) is 30.5 Å². The van der Waals surface area contributed by atoms with E-state index in [9.17, 15) is 4.39 Å². The van der Waals surface area contributed by atoms with Gasteiger partial charge in [0.15, 0.2) is 5.11 Å². The molecule has 3 aromatic rings. The number of nitrogens with zero attached hydrogens (tertiary/aromatic N) is 4. The number of hydrogen-bond acceptors (Lipinski definition) is 3. The number of hydrogen-bond donors (Lipinski definition) is 2. The molecule has 0 aliphatic carbocycles. The lowest BCUT2D eigenvalue weighted by molar-refractivity contribution is 0.622. The fraction of sp³-hybridized carbons (Fsp3) is 0.316. The highest BCUT2D eigenvalue weighted by Gasteiger charge is 2.13. The monoisotopic (exact) mass is 386 g/mol. The summed E-state index contributed by atoms with van der Waals surface area (Å²) in [6.45, 7) is 7.07. The zero-order chi connectivity index (χ0) is 19.6. The lowest BCUT2D eigenvalue weighted by Gasteiger charge is -2.11. The molecule has 0 aliphatic heterocycles. The van der Waals surface area contributed by atoms with E-state index in [-0.39, 0.29) is 5.82 Å². The lowest BCUT2D eigenvalue weighted by atomic mass is 10.2. The summed E-state index contributed by atoms with van der Waals surface area (Å²) < 4.78 is 16.8. The van der Waals surface area contributed by atoms with Gasteiger partial charge < -0.3 is 10.6 Å². The van der Waals surface area contributed by atoms with Gasteiger partial charge in [0.2, 0.25) is 0 Å². The summed E-state index contributed by atoms with van der Waals surface area (Å²) in [6, 6.07) is 6.45. The van der Waals surface area contributed by atoms with Crippen molar-refractivity contribution in [3.8, 4) is 0 Å². The molecular formula is C19H23FN6S. The van der Waals surface area contributed by atoms with Crippen molar-refractivity contribution in [2.75, 3.05) is 5.32 Å². The van der Waals surface area contributed by atoms with E-state index in [0.717, 1.165) is 33.9 Å². The first kappa shape index (κ1) is 19.0. The fourth-order valence-corrected chi connectivity index (χ4v) is 3.12. The van der Waals surface area contributed by atoms with Crippen LogP contribution >= 0.6 is 12.2 Å². The van der Waals surface area contributed by atoms with Gasteiger partial charge in [-0.05, 0) is 50.7 Å². The lowest BCUT2D eigenvalue weighted by Crippen LogP contribution is -2.28. The highest BCUT2D eigenvalue weighted by atomic mass is 32.1. The minimum absolute atomic E-state index is 0.241. The number of thiocarbonyl (C=S) groups is 1. The van der Waals surface area contributed by atoms with E-state index in [1.165, 1.54) is 12.1 Å². The van der Waals surface area contributed by atoms with Crippen LogP contribution in [0.3, 0.4) is 0 Å². The zero-order valence-corrected chi connectivity index (χ0v) is 16.7. The van der Waals surface area contributed by atoms with Gasteiger partial charge in [-0.2, -0.15) is 10.2 Å². The Balaban J connectivity index is 1.66. The third kappa shape index (κ3) is 4.51. The summed E-state index contributed by atoms with van der Waals surface area (Å²) in [6.07, 6.45) is 1.97. The smallest absolute Gasteiger partial charge is 0.171 e. The Bertz CT molecular complexity index is 957. The molecule has 0 saturated heterocycles. The molecule has 3 rings (SSSR count). The van der Waals surface area contributed by atoms with Gasteiger partial charge in [-0.1, -0.05) is 12.1 Å². The number of halogens is 1. The highest BCUT2D eigenvalue weighted by molar-refractivity contribution is 7.80. The molecule has 27 heavy (non-hydrogen) atoms. The van der Waals surface area contributed by atoms with Crippen molar-refractivity contribution >= 4 is 23.0 Å². The Kier molecular flexibility index (Phi) is 5.55. The van der Waals surface area contributed by atoms with Crippen LogP contribution in [0.4, 0.5) is 10.1 Å². The first-order chi connectivity index (χ1) is 12.8. The molecular weight excluding hydrogens is 363 g/mol. The van der Waals surface area contributed by atoms with Crippen LogP contribution in [0.1, 0.15) is 28.2 Å². The molecule has 0 radical (unpaired) electrons.